The maximum Gasteiger partial charge on any atom is 0.227 e. The summed E-state index contributed by atoms with van der Waals surface area (Å²) in [5.74, 6) is 0.987. The van der Waals surface area contributed by atoms with E-state index in [4.69, 9.17) is 21.3 Å². The van der Waals surface area contributed by atoms with Crippen LogP contribution in [0.2, 0.25) is 5.15 Å². The summed E-state index contributed by atoms with van der Waals surface area (Å²) in [4.78, 5) is 11.5. The van der Waals surface area contributed by atoms with Crippen LogP contribution in [0.1, 0.15) is 29.9 Å². The maximum atomic E-state index is 10.1. The lowest BCUT2D eigenvalue weighted by Crippen LogP contribution is -2.46. The molecule has 0 radical (unpaired) electrons. The van der Waals surface area contributed by atoms with Gasteiger partial charge in [0.2, 0.25) is 5.95 Å². The lowest BCUT2D eigenvalue weighted by atomic mass is 9.85. The Morgan fingerprint density at radius 3 is 2.68 bits per heavy atom. The molecule has 5 rings (SSSR count). The van der Waals surface area contributed by atoms with Crippen molar-refractivity contribution in [3.8, 4) is 0 Å². The number of nitrogens with zero attached hydrogens (tertiary/aromatic N) is 5. The van der Waals surface area contributed by atoms with E-state index in [-0.39, 0.29) is 12.1 Å². The van der Waals surface area contributed by atoms with Crippen molar-refractivity contribution in [1.29, 1.82) is 0 Å². The minimum Gasteiger partial charge on any atom is -0.389 e. The molecule has 3 aromatic rings. The van der Waals surface area contributed by atoms with Crippen LogP contribution in [-0.2, 0) is 11.8 Å². The molecule has 2 saturated heterocycles. The number of likely N-dealkylation sites (tertiary alicyclic amines) is 1. The van der Waals surface area contributed by atoms with Gasteiger partial charge in [-0.15, -0.1) is 0 Å². The summed E-state index contributed by atoms with van der Waals surface area (Å²) in [7, 11) is 1.79. The molecule has 2 aromatic heterocycles. The highest BCUT2D eigenvalue weighted by Gasteiger charge is 2.34. The second-order valence-corrected chi connectivity index (χ2v) is 8.90. The number of aliphatic hydroxyl groups is 1. The van der Waals surface area contributed by atoms with E-state index in [9.17, 15) is 5.11 Å². The van der Waals surface area contributed by atoms with Crippen molar-refractivity contribution in [3.63, 3.8) is 0 Å². The Balaban J connectivity index is 1.35. The minimum absolute atomic E-state index is 0.138. The normalized spacial score (nSPS) is 23.0. The van der Waals surface area contributed by atoms with Crippen LogP contribution in [0.4, 0.5) is 11.6 Å². The van der Waals surface area contributed by atoms with Crippen molar-refractivity contribution in [1.82, 2.24) is 24.6 Å². The molecule has 4 heterocycles. The molecular formula is C22H27ClN6O2. The van der Waals surface area contributed by atoms with Gasteiger partial charge in [0.1, 0.15) is 5.15 Å². The highest BCUT2D eigenvalue weighted by molar-refractivity contribution is 6.32. The zero-order valence-electron chi connectivity index (χ0n) is 17.8. The van der Waals surface area contributed by atoms with Gasteiger partial charge in [-0.25, -0.2) is 9.97 Å². The van der Waals surface area contributed by atoms with Crippen molar-refractivity contribution in [2.24, 2.45) is 7.05 Å². The number of rotatable bonds is 4. The van der Waals surface area contributed by atoms with Crippen molar-refractivity contribution >= 4 is 34.1 Å². The molecule has 2 fully saturated rings. The number of aliphatic hydroxyl groups excluding tert-OH is 1. The first-order valence-corrected chi connectivity index (χ1v) is 11.1. The van der Waals surface area contributed by atoms with Crippen molar-refractivity contribution in [2.75, 3.05) is 31.6 Å². The van der Waals surface area contributed by atoms with Gasteiger partial charge in [-0.3, -0.25) is 9.58 Å². The quantitative estimate of drug-likeness (QED) is 0.642. The summed E-state index contributed by atoms with van der Waals surface area (Å²) >= 11 is 6.25. The summed E-state index contributed by atoms with van der Waals surface area (Å²) in [6.07, 6.45) is 5.27. The number of ether oxygens (including phenoxy) is 1. The molecule has 2 N–H and O–H groups in total. The molecule has 2 aliphatic heterocycles. The number of aromatic nitrogens is 4. The van der Waals surface area contributed by atoms with Crippen LogP contribution in [0.25, 0.3) is 10.9 Å². The van der Waals surface area contributed by atoms with E-state index in [1.54, 1.807) is 17.9 Å². The predicted octanol–water partition coefficient (Wildman–Crippen LogP) is 3.01. The van der Waals surface area contributed by atoms with Gasteiger partial charge < -0.3 is 15.2 Å². The van der Waals surface area contributed by atoms with Crippen LogP contribution in [0, 0.1) is 6.92 Å². The Hall–Kier alpha value is -2.26. The monoisotopic (exact) mass is 442 g/mol. The fourth-order valence-electron chi connectivity index (χ4n) is 4.76. The lowest BCUT2D eigenvalue weighted by molar-refractivity contribution is 0.0663. The Labute approximate surface area is 186 Å². The standard InChI is InChI=1S/C22H27ClN6O2/c1-13-7-15-9-24-22(27-18-10-25-28(2)21(18)23)26-17(15)8-16(13)14-3-5-29(6-4-14)19-11-31-12-20(19)30/h7-10,14,19-20,30H,3-6,11-12H2,1-2H3,(H,24,26,27)/t19-,20+/m0/s1. The van der Waals surface area contributed by atoms with Crippen LogP contribution in [-0.4, -0.2) is 68.2 Å². The zero-order chi connectivity index (χ0) is 21.5. The molecule has 2 atom stereocenters. The fraction of sp³-hybridized carbons (Fsp3) is 0.500. The van der Waals surface area contributed by atoms with Gasteiger partial charge in [0.25, 0.3) is 0 Å². The molecule has 0 unspecified atom stereocenters. The van der Waals surface area contributed by atoms with Crippen molar-refractivity contribution < 1.29 is 9.84 Å². The first-order chi connectivity index (χ1) is 15.0. The molecule has 0 amide bonds. The van der Waals surface area contributed by atoms with Crippen molar-refractivity contribution in [3.05, 3.63) is 40.8 Å². The number of nitrogens with one attached hydrogen (secondary N) is 1. The van der Waals surface area contributed by atoms with Crippen molar-refractivity contribution in [2.45, 2.75) is 37.8 Å². The Morgan fingerprint density at radius 1 is 1.19 bits per heavy atom. The summed E-state index contributed by atoms with van der Waals surface area (Å²) in [5, 5.41) is 19.0. The number of benzene rings is 1. The van der Waals surface area contributed by atoms with Gasteiger partial charge in [0.15, 0.2) is 0 Å². The molecule has 2 aliphatic rings. The van der Waals surface area contributed by atoms with Crippen LogP contribution >= 0.6 is 11.6 Å². The van der Waals surface area contributed by atoms with Gasteiger partial charge in [0.05, 0.1) is 42.8 Å². The molecule has 0 spiro atoms. The molecule has 0 saturated carbocycles. The molecule has 0 aliphatic carbocycles. The predicted molar refractivity (Wildman–Crippen MR) is 120 cm³/mol. The maximum absolute atomic E-state index is 10.1. The Bertz CT molecular complexity index is 1100. The van der Waals surface area contributed by atoms with Crippen LogP contribution in [0.3, 0.4) is 0 Å². The third-order valence-electron chi connectivity index (χ3n) is 6.54. The molecule has 0 bridgehead atoms. The van der Waals surface area contributed by atoms with E-state index in [0.717, 1.165) is 36.8 Å². The summed E-state index contributed by atoms with van der Waals surface area (Å²) in [6.45, 7) is 5.20. The van der Waals surface area contributed by atoms with E-state index in [1.807, 2.05) is 6.20 Å². The third-order valence-corrected chi connectivity index (χ3v) is 6.99. The number of hydrogen-bond donors (Lipinski definition) is 2. The van der Waals surface area contributed by atoms with Crippen LogP contribution < -0.4 is 5.32 Å². The van der Waals surface area contributed by atoms with E-state index in [0.29, 0.717) is 35.9 Å². The lowest BCUT2D eigenvalue weighted by Gasteiger charge is -2.37. The fourth-order valence-corrected chi connectivity index (χ4v) is 4.90. The van der Waals surface area contributed by atoms with Crippen LogP contribution in [0.15, 0.2) is 24.5 Å². The molecule has 1 aromatic carbocycles. The largest absolute Gasteiger partial charge is 0.389 e. The topological polar surface area (TPSA) is 88.3 Å². The molecule has 9 heteroatoms. The number of anilines is 2. The number of hydrogen-bond acceptors (Lipinski definition) is 7. The number of aryl methyl sites for hydroxylation is 2. The smallest absolute Gasteiger partial charge is 0.227 e. The first-order valence-electron chi connectivity index (χ1n) is 10.7. The Kier molecular flexibility index (Phi) is 5.56. The summed E-state index contributed by atoms with van der Waals surface area (Å²) < 4.78 is 7.03. The molecule has 31 heavy (non-hydrogen) atoms. The SMILES string of the molecule is Cc1cc2cnc(Nc3cnn(C)c3Cl)nc2cc1C1CCN([C@H]2COC[C@H]2O)CC1. The number of piperidine rings is 1. The second kappa shape index (κ2) is 8.35. The summed E-state index contributed by atoms with van der Waals surface area (Å²) in [5.41, 5.74) is 4.22. The number of fused-ring (bicyclic) bond motifs is 1. The van der Waals surface area contributed by atoms with Gasteiger partial charge in [-0.1, -0.05) is 11.6 Å². The molecule has 164 valence electrons. The van der Waals surface area contributed by atoms with Gasteiger partial charge in [-0.05, 0) is 62.0 Å². The average molecular weight is 443 g/mol. The average Bonchev–Trinajstić information content (AvgIpc) is 3.34. The zero-order valence-corrected chi connectivity index (χ0v) is 18.5. The molecular weight excluding hydrogens is 416 g/mol. The van der Waals surface area contributed by atoms with E-state index in [1.165, 1.54) is 11.1 Å². The molecule has 8 nitrogen and oxygen atoms in total. The summed E-state index contributed by atoms with van der Waals surface area (Å²) in [6, 6.07) is 4.52. The third kappa shape index (κ3) is 4.01. The second-order valence-electron chi connectivity index (χ2n) is 8.54. The van der Waals surface area contributed by atoms with Gasteiger partial charge in [-0.2, -0.15) is 5.10 Å². The van der Waals surface area contributed by atoms with E-state index in [2.05, 4.69) is 39.4 Å². The Morgan fingerprint density at radius 2 is 2.00 bits per heavy atom. The van der Waals surface area contributed by atoms with Gasteiger partial charge >= 0.3 is 0 Å². The first kappa shape index (κ1) is 20.6. The minimum atomic E-state index is -0.366. The van der Waals surface area contributed by atoms with Crippen LogP contribution in [0.5, 0.6) is 0 Å². The van der Waals surface area contributed by atoms with E-state index < -0.39 is 0 Å². The van der Waals surface area contributed by atoms with Gasteiger partial charge in [0, 0.05) is 18.6 Å². The van der Waals surface area contributed by atoms with E-state index >= 15 is 0 Å². The highest BCUT2D eigenvalue weighted by Crippen LogP contribution is 2.34. The number of halogens is 1. The highest BCUT2D eigenvalue weighted by atomic mass is 35.5.